The Bertz CT molecular complexity index is 449. The fraction of sp³-hybridized carbons (Fsp3) is 0.111. The summed E-state index contributed by atoms with van der Waals surface area (Å²) in [4.78, 5) is 9.72. The SMILES string of the molecule is C1=CN(c2ncco2)C(c2ncco2)O1. The molecular formula is C9H7N3O3. The summed E-state index contributed by atoms with van der Waals surface area (Å²) in [5.41, 5.74) is 0. The van der Waals surface area contributed by atoms with E-state index in [-0.39, 0.29) is 0 Å². The molecule has 2 aromatic rings. The van der Waals surface area contributed by atoms with Gasteiger partial charge >= 0.3 is 6.01 Å². The van der Waals surface area contributed by atoms with Crippen molar-refractivity contribution in [3.63, 3.8) is 0 Å². The Balaban J connectivity index is 1.92. The molecule has 0 bridgehead atoms. The van der Waals surface area contributed by atoms with Gasteiger partial charge in [-0.25, -0.2) is 9.97 Å². The van der Waals surface area contributed by atoms with Crippen LogP contribution in [0.25, 0.3) is 0 Å². The van der Waals surface area contributed by atoms with Gasteiger partial charge in [-0.15, -0.1) is 0 Å². The molecule has 15 heavy (non-hydrogen) atoms. The molecule has 6 heteroatoms. The molecule has 1 aliphatic heterocycles. The molecule has 0 radical (unpaired) electrons. The maximum Gasteiger partial charge on any atom is 0.304 e. The van der Waals surface area contributed by atoms with Crippen LogP contribution in [0.1, 0.15) is 12.1 Å². The minimum absolute atomic E-state index is 0.437. The van der Waals surface area contributed by atoms with Gasteiger partial charge in [0.25, 0.3) is 12.1 Å². The lowest BCUT2D eigenvalue weighted by atomic mass is 10.5. The normalized spacial score (nSPS) is 19.5. The van der Waals surface area contributed by atoms with E-state index in [0.29, 0.717) is 11.9 Å². The number of rotatable bonds is 2. The van der Waals surface area contributed by atoms with Crippen LogP contribution in [-0.2, 0) is 4.74 Å². The second-order valence-electron chi connectivity index (χ2n) is 2.87. The summed E-state index contributed by atoms with van der Waals surface area (Å²) in [6.45, 7) is 0. The third-order valence-corrected chi connectivity index (χ3v) is 1.98. The molecule has 0 saturated heterocycles. The highest BCUT2D eigenvalue weighted by Crippen LogP contribution is 2.30. The van der Waals surface area contributed by atoms with Crippen LogP contribution in [0.15, 0.2) is 46.2 Å². The molecule has 0 amide bonds. The van der Waals surface area contributed by atoms with Crippen molar-refractivity contribution >= 4 is 6.01 Å². The molecular weight excluding hydrogens is 198 g/mol. The van der Waals surface area contributed by atoms with E-state index in [1.807, 2.05) is 0 Å². The highest BCUT2D eigenvalue weighted by Gasteiger charge is 2.30. The number of aromatic nitrogens is 2. The van der Waals surface area contributed by atoms with E-state index in [2.05, 4.69) is 9.97 Å². The molecule has 3 rings (SSSR count). The molecule has 1 atom stereocenters. The van der Waals surface area contributed by atoms with Crippen molar-refractivity contribution in [2.75, 3.05) is 4.90 Å². The molecule has 6 nitrogen and oxygen atoms in total. The Morgan fingerprint density at radius 1 is 1.13 bits per heavy atom. The first kappa shape index (κ1) is 8.10. The molecule has 0 fully saturated rings. The molecule has 0 aromatic carbocycles. The largest absolute Gasteiger partial charge is 0.467 e. The maximum atomic E-state index is 5.32. The molecule has 76 valence electrons. The van der Waals surface area contributed by atoms with Gasteiger partial charge in [0, 0.05) is 6.20 Å². The van der Waals surface area contributed by atoms with Crippen LogP contribution in [0.3, 0.4) is 0 Å². The van der Waals surface area contributed by atoms with Crippen LogP contribution in [-0.4, -0.2) is 9.97 Å². The van der Waals surface area contributed by atoms with Crippen LogP contribution in [0.4, 0.5) is 6.01 Å². The first-order valence-electron chi connectivity index (χ1n) is 4.34. The van der Waals surface area contributed by atoms with Gasteiger partial charge in [-0.3, -0.25) is 4.90 Å². The van der Waals surface area contributed by atoms with Gasteiger partial charge in [0.15, 0.2) is 0 Å². The van der Waals surface area contributed by atoms with Crippen molar-refractivity contribution in [2.24, 2.45) is 0 Å². The van der Waals surface area contributed by atoms with E-state index in [1.54, 1.807) is 29.8 Å². The number of hydrogen-bond donors (Lipinski definition) is 0. The van der Waals surface area contributed by atoms with Gasteiger partial charge in [0.05, 0.1) is 12.4 Å². The topological polar surface area (TPSA) is 64.5 Å². The molecule has 2 aromatic heterocycles. The number of anilines is 1. The smallest absolute Gasteiger partial charge is 0.304 e. The van der Waals surface area contributed by atoms with Crippen LogP contribution < -0.4 is 4.90 Å². The minimum atomic E-state index is -0.446. The summed E-state index contributed by atoms with van der Waals surface area (Å²) in [7, 11) is 0. The zero-order valence-corrected chi connectivity index (χ0v) is 7.61. The molecule has 0 saturated carbocycles. The van der Waals surface area contributed by atoms with Crippen LogP contribution >= 0.6 is 0 Å². The first-order chi connectivity index (χ1) is 7.45. The van der Waals surface area contributed by atoms with E-state index in [0.717, 1.165) is 0 Å². The fourth-order valence-electron chi connectivity index (χ4n) is 1.36. The van der Waals surface area contributed by atoms with Crippen molar-refractivity contribution in [3.8, 4) is 0 Å². The van der Waals surface area contributed by atoms with Crippen molar-refractivity contribution < 1.29 is 13.6 Å². The summed E-state index contributed by atoms with van der Waals surface area (Å²) in [6, 6.07) is 0.437. The standard InChI is InChI=1S/C9H7N3O3/c1-4-13-7(10-1)8-12(3-6-14-8)9-11-2-5-15-9/h1-6,8H. The average molecular weight is 205 g/mol. The Hall–Kier alpha value is -2.24. The number of hydrogen-bond acceptors (Lipinski definition) is 6. The Morgan fingerprint density at radius 3 is 2.73 bits per heavy atom. The van der Waals surface area contributed by atoms with Crippen LogP contribution in [0, 0.1) is 0 Å². The lowest BCUT2D eigenvalue weighted by Gasteiger charge is -2.16. The molecule has 0 N–H and O–H groups in total. The molecule has 1 unspecified atom stereocenters. The molecule has 1 aliphatic rings. The third-order valence-electron chi connectivity index (χ3n) is 1.98. The van der Waals surface area contributed by atoms with Crippen molar-refractivity contribution in [2.45, 2.75) is 6.23 Å². The third kappa shape index (κ3) is 1.26. The number of ether oxygens (including phenoxy) is 1. The van der Waals surface area contributed by atoms with Crippen molar-refractivity contribution in [3.05, 3.63) is 43.3 Å². The Morgan fingerprint density at radius 2 is 2.00 bits per heavy atom. The summed E-state index contributed by atoms with van der Waals surface area (Å²) in [5.74, 6) is 0.457. The quantitative estimate of drug-likeness (QED) is 0.742. The highest BCUT2D eigenvalue weighted by atomic mass is 16.5. The van der Waals surface area contributed by atoms with Gasteiger partial charge in [0.1, 0.15) is 18.8 Å². The van der Waals surface area contributed by atoms with Gasteiger partial charge < -0.3 is 13.6 Å². The predicted octanol–water partition coefficient (Wildman–Crippen LogP) is 1.67. The lowest BCUT2D eigenvalue weighted by Crippen LogP contribution is -2.20. The van der Waals surface area contributed by atoms with E-state index in [4.69, 9.17) is 13.6 Å². The van der Waals surface area contributed by atoms with E-state index in [1.165, 1.54) is 12.5 Å². The zero-order valence-electron chi connectivity index (χ0n) is 7.61. The second-order valence-corrected chi connectivity index (χ2v) is 2.87. The molecule has 3 heterocycles. The van der Waals surface area contributed by atoms with Gasteiger partial charge in [0.2, 0.25) is 0 Å². The second kappa shape index (κ2) is 3.16. The molecule has 0 spiro atoms. The highest BCUT2D eigenvalue weighted by molar-refractivity contribution is 5.34. The number of oxazole rings is 2. The first-order valence-corrected chi connectivity index (χ1v) is 4.34. The fourth-order valence-corrected chi connectivity index (χ4v) is 1.36. The van der Waals surface area contributed by atoms with Gasteiger partial charge in [-0.2, -0.15) is 0 Å². The van der Waals surface area contributed by atoms with Crippen molar-refractivity contribution in [1.29, 1.82) is 0 Å². The summed E-state index contributed by atoms with van der Waals surface area (Å²) >= 11 is 0. The van der Waals surface area contributed by atoms with E-state index in [9.17, 15) is 0 Å². The van der Waals surface area contributed by atoms with Crippen molar-refractivity contribution in [1.82, 2.24) is 9.97 Å². The summed E-state index contributed by atoms with van der Waals surface area (Å²) in [5, 5.41) is 0. The lowest BCUT2D eigenvalue weighted by molar-refractivity contribution is 0.139. The van der Waals surface area contributed by atoms with Crippen LogP contribution in [0.5, 0.6) is 0 Å². The number of nitrogens with zero attached hydrogens (tertiary/aromatic N) is 3. The zero-order chi connectivity index (χ0) is 10.1. The summed E-state index contributed by atoms with van der Waals surface area (Å²) in [6.07, 6.45) is 8.91. The Labute approximate surface area is 84.8 Å². The minimum Gasteiger partial charge on any atom is -0.467 e. The van der Waals surface area contributed by atoms with E-state index < -0.39 is 6.23 Å². The predicted molar refractivity (Wildman–Crippen MR) is 48.5 cm³/mol. The monoisotopic (exact) mass is 205 g/mol. The van der Waals surface area contributed by atoms with Gasteiger partial charge in [-0.05, 0) is 0 Å². The maximum absolute atomic E-state index is 5.32. The Kier molecular flexibility index (Phi) is 1.71. The average Bonchev–Trinajstić information content (AvgIpc) is 3.01. The van der Waals surface area contributed by atoms with Gasteiger partial charge in [-0.1, -0.05) is 0 Å². The summed E-state index contributed by atoms with van der Waals surface area (Å²) < 4.78 is 15.6. The molecule has 0 aliphatic carbocycles. The van der Waals surface area contributed by atoms with Crippen LogP contribution in [0.2, 0.25) is 0 Å². The van der Waals surface area contributed by atoms with E-state index >= 15 is 0 Å².